The number of hydrogen-bond donors (Lipinski definition) is 1. The van der Waals surface area contributed by atoms with Crippen LogP contribution in [0.15, 0.2) is 18.2 Å². The Labute approximate surface area is 130 Å². The van der Waals surface area contributed by atoms with Crippen molar-refractivity contribution in [1.82, 2.24) is 0 Å². The minimum absolute atomic E-state index is 0.105. The van der Waals surface area contributed by atoms with E-state index in [-0.39, 0.29) is 11.5 Å². The maximum absolute atomic E-state index is 6.44. The lowest BCUT2D eigenvalue weighted by atomic mass is 9.84. The van der Waals surface area contributed by atoms with Crippen LogP contribution in [0.3, 0.4) is 0 Å². The van der Waals surface area contributed by atoms with E-state index < -0.39 is 0 Å². The average molecular weight is 289 g/mol. The zero-order valence-corrected chi connectivity index (χ0v) is 14.1. The molecule has 0 aromatic heterocycles. The van der Waals surface area contributed by atoms with Crippen LogP contribution >= 0.6 is 0 Å². The third-order valence-corrected chi connectivity index (χ3v) is 4.68. The average Bonchev–Trinajstić information content (AvgIpc) is 2.47. The molecule has 0 aliphatic heterocycles. The molecule has 0 heterocycles. The Morgan fingerprint density at radius 3 is 2.52 bits per heavy atom. The summed E-state index contributed by atoms with van der Waals surface area (Å²) in [6, 6.07) is 6.68. The highest BCUT2D eigenvalue weighted by molar-refractivity contribution is 5.41. The van der Waals surface area contributed by atoms with Crippen molar-refractivity contribution in [3.05, 3.63) is 29.3 Å². The van der Waals surface area contributed by atoms with E-state index in [0.29, 0.717) is 5.92 Å². The quantitative estimate of drug-likeness (QED) is 0.889. The molecule has 2 heteroatoms. The molecule has 1 fully saturated rings. The normalized spacial score (nSPS) is 23.1. The molecule has 1 aliphatic carbocycles. The van der Waals surface area contributed by atoms with E-state index in [1.807, 2.05) is 0 Å². The standard InChI is InChI=1S/C19H31NO/c1-5-14-10-11-18(16(12-14)19(2,3)4)21-17-9-7-6-8-15(17)13-20/h10-12,15,17H,5-9,13,20H2,1-4H3. The van der Waals surface area contributed by atoms with Gasteiger partial charge >= 0.3 is 0 Å². The number of hydrogen-bond acceptors (Lipinski definition) is 2. The van der Waals surface area contributed by atoms with Crippen molar-refractivity contribution in [2.24, 2.45) is 11.7 Å². The maximum atomic E-state index is 6.44. The third-order valence-electron chi connectivity index (χ3n) is 4.68. The second-order valence-corrected chi connectivity index (χ2v) is 7.37. The van der Waals surface area contributed by atoms with Gasteiger partial charge in [0.15, 0.2) is 0 Å². The van der Waals surface area contributed by atoms with E-state index in [9.17, 15) is 0 Å². The molecule has 2 N–H and O–H groups in total. The number of ether oxygens (including phenoxy) is 1. The van der Waals surface area contributed by atoms with Crippen molar-refractivity contribution >= 4 is 0 Å². The third kappa shape index (κ3) is 4.00. The Balaban J connectivity index is 2.26. The summed E-state index contributed by atoms with van der Waals surface area (Å²) in [6.45, 7) is 9.72. The topological polar surface area (TPSA) is 35.2 Å². The van der Waals surface area contributed by atoms with Crippen LogP contribution in [0.25, 0.3) is 0 Å². The van der Waals surface area contributed by atoms with Gasteiger partial charge in [-0.2, -0.15) is 0 Å². The van der Waals surface area contributed by atoms with Gasteiger partial charge in [0.2, 0.25) is 0 Å². The van der Waals surface area contributed by atoms with E-state index in [0.717, 1.165) is 25.1 Å². The fraction of sp³-hybridized carbons (Fsp3) is 0.684. The lowest BCUT2D eigenvalue weighted by Crippen LogP contribution is -2.35. The van der Waals surface area contributed by atoms with Crippen LogP contribution in [0.1, 0.15) is 64.5 Å². The van der Waals surface area contributed by atoms with Gasteiger partial charge in [-0.15, -0.1) is 0 Å². The van der Waals surface area contributed by atoms with Crippen molar-refractivity contribution in [3.63, 3.8) is 0 Å². The van der Waals surface area contributed by atoms with Crippen molar-refractivity contribution in [2.75, 3.05) is 6.54 Å². The Kier molecular flexibility index (Phi) is 5.32. The van der Waals surface area contributed by atoms with Gasteiger partial charge in [-0.1, -0.05) is 46.2 Å². The fourth-order valence-electron chi connectivity index (χ4n) is 3.25. The molecular weight excluding hydrogens is 258 g/mol. The summed E-state index contributed by atoms with van der Waals surface area (Å²) in [5, 5.41) is 0. The highest BCUT2D eigenvalue weighted by Crippen LogP contribution is 2.35. The molecule has 0 saturated heterocycles. The monoisotopic (exact) mass is 289 g/mol. The molecule has 0 amide bonds. The zero-order valence-electron chi connectivity index (χ0n) is 14.1. The van der Waals surface area contributed by atoms with Gasteiger partial charge in [0.1, 0.15) is 11.9 Å². The van der Waals surface area contributed by atoms with Crippen LogP contribution in [0.2, 0.25) is 0 Å². The van der Waals surface area contributed by atoms with E-state index >= 15 is 0 Å². The molecule has 2 rings (SSSR count). The number of aryl methyl sites for hydroxylation is 1. The Morgan fingerprint density at radius 2 is 1.90 bits per heavy atom. The summed E-state index contributed by atoms with van der Waals surface area (Å²) >= 11 is 0. The first kappa shape index (κ1) is 16.4. The summed E-state index contributed by atoms with van der Waals surface area (Å²) < 4.78 is 6.44. The van der Waals surface area contributed by atoms with Crippen LogP contribution in [0.4, 0.5) is 0 Å². The largest absolute Gasteiger partial charge is 0.490 e. The van der Waals surface area contributed by atoms with Crippen molar-refractivity contribution < 1.29 is 4.74 Å². The molecule has 21 heavy (non-hydrogen) atoms. The molecule has 2 unspecified atom stereocenters. The Morgan fingerprint density at radius 1 is 1.19 bits per heavy atom. The van der Waals surface area contributed by atoms with Crippen LogP contribution in [0, 0.1) is 5.92 Å². The van der Waals surface area contributed by atoms with Gasteiger partial charge in [-0.05, 0) is 54.8 Å². The summed E-state index contributed by atoms with van der Waals surface area (Å²) in [7, 11) is 0. The summed E-state index contributed by atoms with van der Waals surface area (Å²) in [5.41, 5.74) is 8.74. The molecule has 1 aliphatic rings. The van der Waals surface area contributed by atoms with E-state index in [2.05, 4.69) is 45.9 Å². The molecule has 118 valence electrons. The molecule has 2 nitrogen and oxygen atoms in total. The summed E-state index contributed by atoms with van der Waals surface area (Å²) in [4.78, 5) is 0. The van der Waals surface area contributed by atoms with E-state index in [1.165, 1.54) is 30.4 Å². The molecule has 1 saturated carbocycles. The van der Waals surface area contributed by atoms with Gasteiger partial charge < -0.3 is 10.5 Å². The smallest absolute Gasteiger partial charge is 0.123 e. The zero-order chi connectivity index (χ0) is 15.5. The minimum atomic E-state index is 0.105. The molecule has 2 atom stereocenters. The van der Waals surface area contributed by atoms with Gasteiger partial charge in [-0.25, -0.2) is 0 Å². The molecular formula is C19H31NO. The molecule has 1 aromatic rings. The summed E-state index contributed by atoms with van der Waals surface area (Å²) in [5.74, 6) is 1.57. The number of rotatable bonds is 4. The van der Waals surface area contributed by atoms with Crippen molar-refractivity contribution in [1.29, 1.82) is 0 Å². The Bertz CT molecular complexity index is 461. The van der Waals surface area contributed by atoms with E-state index in [4.69, 9.17) is 10.5 Å². The van der Waals surface area contributed by atoms with Crippen LogP contribution in [-0.4, -0.2) is 12.6 Å². The Hall–Kier alpha value is -1.02. The fourth-order valence-corrected chi connectivity index (χ4v) is 3.25. The van der Waals surface area contributed by atoms with Crippen LogP contribution in [0.5, 0.6) is 5.75 Å². The maximum Gasteiger partial charge on any atom is 0.123 e. The first-order chi connectivity index (χ1) is 9.95. The molecule has 0 radical (unpaired) electrons. The van der Waals surface area contributed by atoms with Crippen LogP contribution in [-0.2, 0) is 11.8 Å². The first-order valence-electron chi connectivity index (χ1n) is 8.45. The predicted octanol–water partition coefficient (Wildman–Crippen LogP) is 4.44. The lowest BCUT2D eigenvalue weighted by Gasteiger charge is -2.33. The SMILES string of the molecule is CCc1ccc(OC2CCCCC2CN)c(C(C)(C)C)c1. The number of nitrogens with two attached hydrogens (primary N) is 1. The molecule has 1 aromatic carbocycles. The van der Waals surface area contributed by atoms with Gasteiger partial charge in [-0.3, -0.25) is 0 Å². The number of benzene rings is 1. The van der Waals surface area contributed by atoms with Crippen molar-refractivity contribution in [3.8, 4) is 5.75 Å². The molecule has 0 bridgehead atoms. The second kappa shape index (κ2) is 6.83. The summed E-state index contributed by atoms with van der Waals surface area (Å²) in [6.07, 6.45) is 6.26. The highest BCUT2D eigenvalue weighted by Gasteiger charge is 2.28. The van der Waals surface area contributed by atoms with Gasteiger partial charge in [0.25, 0.3) is 0 Å². The van der Waals surface area contributed by atoms with Crippen LogP contribution < -0.4 is 10.5 Å². The van der Waals surface area contributed by atoms with Crippen molar-refractivity contribution in [2.45, 2.75) is 71.3 Å². The highest BCUT2D eigenvalue weighted by atomic mass is 16.5. The van der Waals surface area contributed by atoms with E-state index in [1.54, 1.807) is 0 Å². The van der Waals surface area contributed by atoms with Gasteiger partial charge in [0, 0.05) is 5.92 Å². The lowest BCUT2D eigenvalue weighted by molar-refractivity contribution is 0.0949. The minimum Gasteiger partial charge on any atom is -0.490 e. The second-order valence-electron chi connectivity index (χ2n) is 7.37. The van der Waals surface area contributed by atoms with Gasteiger partial charge in [0.05, 0.1) is 0 Å². The molecule has 0 spiro atoms. The first-order valence-corrected chi connectivity index (χ1v) is 8.45. The predicted molar refractivity (Wildman–Crippen MR) is 89.9 cm³/mol.